The molecule has 0 radical (unpaired) electrons. The highest BCUT2D eigenvalue weighted by molar-refractivity contribution is 7.92. The average Bonchev–Trinajstić information content (AvgIpc) is 2.48. The van der Waals surface area contributed by atoms with Crippen LogP contribution in [0.15, 0.2) is 59.5 Å². The van der Waals surface area contributed by atoms with Crippen LogP contribution in [0.4, 0.5) is 5.69 Å². The van der Waals surface area contributed by atoms with Gasteiger partial charge in [0.25, 0.3) is 0 Å². The predicted octanol–water partition coefficient (Wildman–Crippen LogP) is 1.97. The van der Waals surface area contributed by atoms with Crippen LogP contribution in [0.5, 0.6) is 0 Å². The van der Waals surface area contributed by atoms with Crippen molar-refractivity contribution in [2.75, 3.05) is 11.1 Å². The summed E-state index contributed by atoms with van der Waals surface area (Å²) in [5.41, 5.74) is 0.580. The summed E-state index contributed by atoms with van der Waals surface area (Å²) < 4.78 is 24.1. The second-order valence-corrected chi connectivity index (χ2v) is 6.27. The smallest absolute Gasteiger partial charge is 0.239 e. The minimum Gasteiger partial charge on any atom is -0.324 e. The molecule has 2 rings (SSSR count). The molecule has 0 bridgehead atoms. The molecule has 1 N–H and O–H groups in total. The lowest BCUT2D eigenvalue weighted by atomic mass is 10.2. The van der Waals surface area contributed by atoms with Crippen molar-refractivity contribution in [3.63, 3.8) is 0 Å². The molecule has 0 fully saturated rings. The Labute approximate surface area is 122 Å². The number of nitrogens with one attached hydrogen (secondary N) is 1. The molecule has 0 saturated heterocycles. The van der Waals surface area contributed by atoms with Crippen molar-refractivity contribution in [3.05, 3.63) is 60.2 Å². The molecule has 5 nitrogen and oxygen atoms in total. The van der Waals surface area contributed by atoms with Gasteiger partial charge >= 0.3 is 0 Å². The fourth-order valence-electron chi connectivity index (χ4n) is 1.76. The molecule has 0 aliphatic rings. The van der Waals surface area contributed by atoms with E-state index < -0.39 is 21.5 Å². The van der Waals surface area contributed by atoms with Crippen molar-refractivity contribution >= 4 is 21.4 Å². The zero-order valence-electron chi connectivity index (χ0n) is 11.0. The van der Waals surface area contributed by atoms with Crippen LogP contribution in [-0.2, 0) is 14.6 Å². The minimum atomic E-state index is -3.69. The lowest BCUT2D eigenvalue weighted by Crippen LogP contribution is -2.23. The zero-order chi connectivity index (χ0) is 15.3. The van der Waals surface area contributed by atoms with E-state index in [0.717, 1.165) is 0 Å². The van der Waals surface area contributed by atoms with Crippen molar-refractivity contribution in [3.8, 4) is 6.07 Å². The molecule has 6 heteroatoms. The quantitative estimate of drug-likeness (QED) is 0.935. The van der Waals surface area contributed by atoms with Gasteiger partial charge in [-0.05, 0) is 24.3 Å². The van der Waals surface area contributed by atoms with Crippen LogP contribution in [0.25, 0.3) is 0 Å². The highest BCUT2D eigenvalue weighted by Crippen LogP contribution is 2.15. The van der Waals surface area contributed by atoms with Gasteiger partial charge in [0.15, 0.2) is 9.84 Å². The van der Waals surface area contributed by atoms with Gasteiger partial charge in [0.2, 0.25) is 5.91 Å². The molecule has 0 aromatic heterocycles. The summed E-state index contributed by atoms with van der Waals surface area (Å²) in [4.78, 5) is 12.0. The van der Waals surface area contributed by atoms with Crippen molar-refractivity contribution in [2.45, 2.75) is 4.90 Å². The van der Waals surface area contributed by atoms with E-state index in [-0.39, 0.29) is 10.5 Å². The van der Waals surface area contributed by atoms with Crippen LogP contribution in [0, 0.1) is 11.3 Å². The molecule has 0 heterocycles. The Bertz CT molecular complexity index is 793. The Morgan fingerprint density at radius 3 is 2.33 bits per heavy atom. The zero-order valence-corrected chi connectivity index (χ0v) is 11.8. The maximum atomic E-state index is 12.1. The first-order valence-electron chi connectivity index (χ1n) is 6.10. The third-order valence-corrected chi connectivity index (χ3v) is 4.38. The average molecular weight is 300 g/mol. The summed E-state index contributed by atoms with van der Waals surface area (Å²) >= 11 is 0. The summed E-state index contributed by atoms with van der Waals surface area (Å²) in [6, 6.07) is 16.1. The van der Waals surface area contributed by atoms with Crippen molar-refractivity contribution in [2.24, 2.45) is 0 Å². The SMILES string of the molecule is N#Cc1ccccc1NC(=O)CS(=O)(=O)c1ccccc1. The number of hydrogen-bond acceptors (Lipinski definition) is 4. The number of anilines is 1. The molecule has 1 amide bonds. The fraction of sp³-hybridized carbons (Fsp3) is 0.0667. The molecule has 0 unspecified atom stereocenters. The summed E-state index contributed by atoms with van der Waals surface area (Å²) in [7, 11) is -3.69. The molecule has 0 spiro atoms. The Balaban J connectivity index is 2.14. The Kier molecular flexibility index (Phi) is 4.36. The topological polar surface area (TPSA) is 87.0 Å². The van der Waals surface area contributed by atoms with Gasteiger partial charge in [-0.1, -0.05) is 30.3 Å². The largest absolute Gasteiger partial charge is 0.324 e. The van der Waals surface area contributed by atoms with E-state index >= 15 is 0 Å². The first-order chi connectivity index (χ1) is 10.0. The van der Waals surface area contributed by atoms with Crippen LogP contribution in [-0.4, -0.2) is 20.1 Å². The van der Waals surface area contributed by atoms with Gasteiger partial charge in [0.1, 0.15) is 11.8 Å². The molecular weight excluding hydrogens is 288 g/mol. The molecule has 0 aliphatic carbocycles. The number of nitriles is 1. The van der Waals surface area contributed by atoms with Crippen molar-refractivity contribution in [1.82, 2.24) is 0 Å². The number of amides is 1. The summed E-state index contributed by atoms with van der Waals surface area (Å²) in [5, 5.41) is 11.4. The lowest BCUT2D eigenvalue weighted by Gasteiger charge is -2.07. The van der Waals surface area contributed by atoms with E-state index in [1.807, 2.05) is 6.07 Å². The maximum absolute atomic E-state index is 12.1. The van der Waals surface area contributed by atoms with Crippen LogP contribution in [0.3, 0.4) is 0 Å². The van der Waals surface area contributed by atoms with Gasteiger partial charge in [-0.2, -0.15) is 5.26 Å². The second kappa shape index (κ2) is 6.20. The van der Waals surface area contributed by atoms with Crippen LogP contribution in [0.1, 0.15) is 5.56 Å². The molecular formula is C15H12N2O3S. The predicted molar refractivity (Wildman–Crippen MR) is 78.3 cm³/mol. The second-order valence-electron chi connectivity index (χ2n) is 4.28. The normalized spacial score (nSPS) is 10.6. The minimum absolute atomic E-state index is 0.0914. The summed E-state index contributed by atoms with van der Waals surface area (Å²) in [6.07, 6.45) is 0. The molecule has 0 saturated carbocycles. The molecule has 21 heavy (non-hydrogen) atoms. The fourth-order valence-corrected chi connectivity index (χ4v) is 2.92. The number of para-hydroxylation sites is 1. The van der Waals surface area contributed by atoms with Crippen molar-refractivity contribution < 1.29 is 13.2 Å². The van der Waals surface area contributed by atoms with Gasteiger partial charge in [0, 0.05) is 0 Å². The molecule has 2 aromatic rings. The monoisotopic (exact) mass is 300 g/mol. The van der Waals surface area contributed by atoms with Gasteiger partial charge < -0.3 is 5.32 Å². The van der Waals surface area contributed by atoms with Gasteiger partial charge in [-0.3, -0.25) is 4.79 Å². The lowest BCUT2D eigenvalue weighted by molar-refractivity contribution is -0.113. The molecule has 2 aromatic carbocycles. The highest BCUT2D eigenvalue weighted by atomic mass is 32.2. The number of sulfone groups is 1. The first-order valence-corrected chi connectivity index (χ1v) is 7.75. The molecule has 106 valence electrons. The third kappa shape index (κ3) is 3.68. The number of benzene rings is 2. The number of carbonyl (C=O) groups excluding carboxylic acids is 1. The van der Waals surface area contributed by atoms with Crippen molar-refractivity contribution in [1.29, 1.82) is 5.26 Å². The number of rotatable bonds is 4. The Morgan fingerprint density at radius 1 is 1.05 bits per heavy atom. The van der Waals surface area contributed by atoms with E-state index in [2.05, 4.69) is 5.32 Å². The number of nitrogens with zero attached hydrogens (tertiary/aromatic N) is 1. The van der Waals surface area contributed by atoms with E-state index in [9.17, 15) is 13.2 Å². The number of carbonyl (C=O) groups is 1. The van der Waals surface area contributed by atoms with Crippen LogP contribution < -0.4 is 5.32 Å². The Morgan fingerprint density at radius 2 is 1.67 bits per heavy atom. The Hall–Kier alpha value is -2.65. The van der Waals surface area contributed by atoms with Gasteiger partial charge in [-0.25, -0.2) is 8.42 Å². The van der Waals surface area contributed by atoms with Gasteiger partial charge in [-0.15, -0.1) is 0 Å². The third-order valence-electron chi connectivity index (χ3n) is 2.75. The highest BCUT2D eigenvalue weighted by Gasteiger charge is 2.19. The van der Waals surface area contributed by atoms with Crippen LogP contribution >= 0.6 is 0 Å². The van der Waals surface area contributed by atoms with E-state index in [1.54, 1.807) is 42.5 Å². The summed E-state index contributed by atoms with van der Waals surface area (Å²) in [6.45, 7) is 0. The number of hydrogen-bond donors (Lipinski definition) is 1. The summed E-state index contributed by atoms with van der Waals surface area (Å²) in [5.74, 6) is -1.35. The van der Waals surface area contributed by atoms with E-state index in [0.29, 0.717) is 5.69 Å². The standard InChI is InChI=1S/C15H12N2O3S/c16-10-12-6-4-5-9-14(12)17-15(18)11-21(19,20)13-7-2-1-3-8-13/h1-9H,11H2,(H,17,18). The maximum Gasteiger partial charge on any atom is 0.239 e. The molecule has 0 aliphatic heterocycles. The van der Waals surface area contributed by atoms with Gasteiger partial charge in [0.05, 0.1) is 16.1 Å². The molecule has 0 atom stereocenters. The van der Waals surface area contributed by atoms with E-state index in [1.165, 1.54) is 12.1 Å². The van der Waals surface area contributed by atoms with Crippen LogP contribution in [0.2, 0.25) is 0 Å². The van der Waals surface area contributed by atoms with E-state index in [4.69, 9.17) is 5.26 Å². The first kappa shape index (κ1) is 14.8.